The van der Waals surface area contributed by atoms with Gasteiger partial charge >= 0.3 is 0 Å². The third-order valence-electron chi connectivity index (χ3n) is 6.19. The molecule has 0 radical (unpaired) electrons. The summed E-state index contributed by atoms with van der Waals surface area (Å²) in [5, 5.41) is 0. The minimum absolute atomic E-state index is 0.187. The fourth-order valence-corrected chi connectivity index (χ4v) is 4.92. The van der Waals surface area contributed by atoms with Crippen LogP contribution in [0.25, 0.3) is 0 Å². The van der Waals surface area contributed by atoms with Gasteiger partial charge in [0.15, 0.2) is 0 Å². The Balaban J connectivity index is 1.76. The minimum Gasteiger partial charge on any atom is -0.380 e. The van der Waals surface area contributed by atoms with Gasteiger partial charge in [-0.1, -0.05) is 25.7 Å². The second kappa shape index (κ2) is 7.98. The molecule has 3 rings (SSSR count). The van der Waals surface area contributed by atoms with Crippen molar-refractivity contribution in [3.8, 4) is 0 Å². The number of amides is 1. The molecule has 1 atom stereocenters. The summed E-state index contributed by atoms with van der Waals surface area (Å²) in [5.41, 5.74) is -0.187. The van der Waals surface area contributed by atoms with Crippen LogP contribution in [0.3, 0.4) is 0 Å². The predicted octanol–water partition coefficient (Wildman–Crippen LogP) is 3.20. The SMILES string of the molecule is CCOCC1CCCN1C(=O)C1(N2CCCCC2)CCCCC1. The van der Waals surface area contributed by atoms with Crippen LogP contribution in [0.4, 0.5) is 0 Å². The van der Waals surface area contributed by atoms with Gasteiger partial charge in [0.1, 0.15) is 5.54 Å². The molecule has 0 spiro atoms. The number of hydrogen-bond acceptors (Lipinski definition) is 3. The van der Waals surface area contributed by atoms with Crippen molar-refractivity contribution in [1.29, 1.82) is 0 Å². The van der Waals surface area contributed by atoms with Crippen LogP contribution < -0.4 is 0 Å². The molecule has 2 saturated heterocycles. The molecule has 1 saturated carbocycles. The fraction of sp³-hybridized carbons (Fsp3) is 0.947. The number of likely N-dealkylation sites (tertiary alicyclic amines) is 2. The molecule has 1 amide bonds. The third-order valence-corrected chi connectivity index (χ3v) is 6.19. The maximum absolute atomic E-state index is 13.6. The van der Waals surface area contributed by atoms with E-state index in [1.807, 2.05) is 6.92 Å². The van der Waals surface area contributed by atoms with Gasteiger partial charge in [-0.2, -0.15) is 0 Å². The molecule has 4 heteroatoms. The Kier molecular flexibility index (Phi) is 5.97. The molecule has 2 heterocycles. The molecule has 0 aromatic carbocycles. The molecule has 2 aliphatic heterocycles. The van der Waals surface area contributed by atoms with E-state index in [1.165, 1.54) is 38.5 Å². The van der Waals surface area contributed by atoms with Gasteiger partial charge in [-0.05, 0) is 58.5 Å². The number of hydrogen-bond donors (Lipinski definition) is 0. The summed E-state index contributed by atoms with van der Waals surface area (Å²) in [6.45, 7) is 6.68. The lowest BCUT2D eigenvalue weighted by Crippen LogP contribution is -2.62. The Morgan fingerprint density at radius 1 is 1.00 bits per heavy atom. The highest BCUT2D eigenvalue weighted by molar-refractivity contribution is 5.87. The van der Waals surface area contributed by atoms with Gasteiger partial charge in [0, 0.05) is 13.2 Å². The van der Waals surface area contributed by atoms with E-state index >= 15 is 0 Å². The van der Waals surface area contributed by atoms with Crippen LogP contribution >= 0.6 is 0 Å². The van der Waals surface area contributed by atoms with E-state index in [0.29, 0.717) is 11.9 Å². The first kappa shape index (κ1) is 17.2. The maximum Gasteiger partial charge on any atom is 0.243 e. The second-order valence-electron chi connectivity index (χ2n) is 7.59. The normalized spacial score (nSPS) is 28.9. The lowest BCUT2D eigenvalue weighted by molar-refractivity contribution is -0.150. The Bertz CT molecular complexity index is 387. The topological polar surface area (TPSA) is 32.8 Å². The van der Waals surface area contributed by atoms with E-state index in [9.17, 15) is 4.79 Å². The van der Waals surface area contributed by atoms with Gasteiger partial charge in [-0.3, -0.25) is 9.69 Å². The molecule has 23 heavy (non-hydrogen) atoms. The zero-order valence-electron chi connectivity index (χ0n) is 14.9. The molecule has 3 aliphatic rings. The Morgan fingerprint density at radius 3 is 2.39 bits per heavy atom. The third kappa shape index (κ3) is 3.58. The summed E-state index contributed by atoms with van der Waals surface area (Å²) in [5.74, 6) is 0.432. The van der Waals surface area contributed by atoms with Crippen LogP contribution in [0.1, 0.15) is 71.1 Å². The van der Waals surface area contributed by atoms with E-state index in [4.69, 9.17) is 4.74 Å². The predicted molar refractivity (Wildman–Crippen MR) is 92.5 cm³/mol. The lowest BCUT2D eigenvalue weighted by Gasteiger charge is -2.49. The van der Waals surface area contributed by atoms with Crippen LogP contribution in [0, 0.1) is 0 Å². The van der Waals surface area contributed by atoms with Crippen molar-refractivity contribution in [3.05, 3.63) is 0 Å². The van der Waals surface area contributed by atoms with E-state index < -0.39 is 0 Å². The van der Waals surface area contributed by atoms with Gasteiger partial charge in [-0.15, -0.1) is 0 Å². The molecular weight excluding hydrogens is 288 g/mol. The van der Waals surface area contributed by atoms with E-state index in [1.54, 1.807) is 0 Å². The van der Waals surface area contributed by atoms with Crippen LogP contribution in [-0.2, 0) is 9.53 Å². The van der Waals surface area contributed by atoms with Gasteiger partial charge < -0.3 is 9.64 Å². The number of carbonyl (C=O) groups excluding carboxylic acids is 1. The van der Waals surface area contributed by atoms with Gasteiger partial charge in [0.25, 0.3) is 0 Å². The highest BCUT2D eigenvalue weighted by atomic mass is 16.5. The molecule has 3 fully saturated rings. The summed E-state index contributed by atoms with van der Waals surface area (Å²) in [7, 11) is 0. The number of carbonyl (C=O) groups is 1. The van der Waals surface area contributed by atoms with Crippen LogP contribution in [0.5, 0.6) is 0 Å². The fourth-order valence-electron chi connectivity index (χ4n) is 4.92. The molecule has 1 aliphatic carbocycles. The summed E-state index contributed by atoms with van der Waals surface area (Å²) >= 11 is 0. The van der Waals surface area contributed by atoms with Gasteiger partial charge in [0.05, 0.1) is 12.6 Å². The molecule has 0 bridgehead atoms. The molecule has 4 nitrogen and oxygen atoms in total. The number of ether oxygens (including phenoxy) is 1. The molecule has 0 aromatic heterocycles. The number of nitrogens with zero attached hydrogens (tertiary/aromatic N) is 2. The zero-order valence-corrected chi connectivity index (χ0v) is 14.9. The van der Waals surface area contributed by atoms with Crippen molar-refractivity contribution < 1.29 is 9.53 Å². The van der Waals surface area contributed by atoms with Crippen molar-refractivity contribution in [2.24, 2.45) is 0 Å². The van der Waals surface area contributed by atoms with Crippen LogP contribution in [0.2, 0.25) is 0 Å². The molecular formula is C19H34N2O2. The molecule has 132 valence electrons. The first-order valence-electron chi connectivity index (χ1n) is 9.92. The standard InChI is InChI=1S/C19H34N2O2/c1-2-23-16-17-10-9-15-21(17)18(22)19(11-5-3-6-12-19)20-13-7-4-8-14-20/h17H,2-16H2,1H3. The quantitative estimate of drug-likeness (QED) is 0.779. The highest BCUT2D eigenvalue weighted by Gasteiger charge is 2.48. The highest BCUT2D eigenvalue weighted by Crippen LogP contribution is 2.38. The molecule has 0 N–H and O–H groups in total. The van der Waals surface area contributed by atoms with Crippen molar-refractivity contribution in [2.45, 2.75) is 82.7 Å². The largest absolute Gasteiger partial charge is 0.380 e. The van der Waals surface area contributed by atoms with E-state index in [2.05, 4.69) is 9.80 Å². The van der Waals surface area contributed by atoms with Crippen molar-refractivity contribution >= 4 is 5.91 Å². The molecule has 0 aromatic rings. The van der Waals surface area contributed by atoms with E-state index in [0.717, 1.165) is 58.5 Å². The van der Waals surface area contributed by atoms with Crippen molar-refractivity contribution in [1.82, 2.24) is 9.80 Å². The second-order valence-corrected chi connectivity index (χ2v) is 7.59. The zero-order chi connectivity index (χ0) is 16.1. The maximum atomic E-state index is 13.6. The minimum atomic E-state index is -0.187. The summed E-state index contributed by atoms with van der Waals surface area (Å²) < 4.78 is 5.66. The number of rotatable bonds is 5. The van der Waals surface area contributed by atoms with Crippen LogP contribution in [0.15, 0.2) is 0 Å². The smallest absolute Gasteiger partial charge is 0.243 e. The summed E-state index contributed by atoms with van der Waals surface area (Å²) in [6.07, 6.45) is 12.0. The first-order chi connectivity index (χ1) is 11.3. The summed E-state index contributed by atoms with van der Waals surface area (Å²) in [6, 6.07) is 0.311. The lowest BCUT2D eigenvalue weighted by atomic mass is 9.78. The average molecular weight is 322 g/mol. The average Bonchev–Trinajstić information content (AvgIpc) is 3.09. The first-order valence-corrected chi connectivity index (χ1v) is 9.92. The van der Waals surface area contributed by atoms with Crippen molar-refractivity contribution in [3.63, 3.8) is 0 Å². The van der Waals surface area contributed by atoms with Crippen molar-refractivity contribution in [2.75, 3.05) is 32.8 Å². The monoisotopic (exact) mass is 322 g/mol. The van der Waals surface area contributed by atoms with Gasteiger partial charge in [0.2, 0.25) is 5.91 Å². The Morgan fingerprint density at radius 2 is 1.70 bits per heavy atom. The Hall–Kier alpha value is -0.610. The van der Waals surface area contributed by atoms with Gasteiger partial charge in [-0.25, -0.2) is 0 Å². The Labute approximate surface area is 141 Å². The summed E-state index contributed by atoms with van der Waals surface area (Å²) in [4.78, 5) is 18.4. The van der Waals surface area contributed by atoms with E-state index in [-0.39, 0.29) is 5.54 Å². The molecule has 1 unspecified atom stereocenters. The van der Waals surface area contributed by atoms with Crippen LogP contribution in [-0.4, -0.2) is 60.1 Å². The number of piperidine rings is 1.